The first kappa shape index (κ1) is 18.3. The van der Waals surface area contributed by atoms with E-state index in [4.69, 9.17) is 9.84 Å². The number of ether oxygens (including phenoxy) is 1. The molecule has 1 saturated heterocycles. The second kappa shape index (κ2) is 8.72. The number of hydrogen-bond donors (Lipinski definition) is 2. The van der Waals surface area contributed by atoms with Crippen molar-refractivity contribution in [3.63, 3.8) is 0 Å². The van der Waals surface area contributed by atoms with Crippen molar-refractivity contribution in [3.05, 3.63) is 54.6 Å². The Morgan fingerprint density at radius 3 is 2.56 bits per heavy atom. The Hall–Kier alpha value is -3.53. The lowest BCUT2D eigenvalue weighted by molar-refractivity contribution is 0.129. The van der Waals surface area contributed by atoms with E-state index in [0.717, 1.165) is 18.6 Å². The van der Waals surface area contributed by atoms with E-state index in [0.29, 0.717) is 30.2 Å². The third-order valence-corrected chi connectivity index (χ3v) is 4.33. The highest BCUT2D eigenvalue weighted by Gasteiger charge is 2.27. The number of hydrogen-bond acceptors (Lipinski definition) is 5. The van der Waals surface area contributed by atoms with Gasteiger partial charge in [0, 0.05) is 19.0 Å². The second-order valence-corrected chi connectivity index (χ2v) is 6.23. The lowest BCUT2D eigenvalue weighted by Crippen LogP contribution is -2.41. The third-order valence-electron chi connectivity index (χ3n) is 4.33. The standard InChI is InChI=1S/C20H20N4O3/c21-13-19(15-5-4-12-24(14-15)20(25)26)23-22-16-8-10-18(11-9-16)27-17-6-2-1-3-7-17/h1-3,6-11,15,22H,4-5,12,14H2,(H,25,26). The van der Waals surface area contributed by atoms with Crippen molar-refractivity contribution in [2.75, 3.05) is 18.5 Å². The number of para-hydroxylation sites is 1. The fraction of sp³-hybridized carbons (Fsp3) is 0.250. The molecule has 1 aliphatic rings. The summed E-state index contributed by atoms with van der Waals surface area (Å²) in [7, 11) is 0. The number of anilines is 1. The van der Waals surface area contributed by atoms with Gasteiger partial charge < -0.3 is 14.7 Å². The van der Waals surface area contributed by atoms with Crippen LogP contribution in [0.4, 0.5) is 10.5 Å². The van der Waals surface area contributed by atoms with E-state index in [9.17, 15) is 10.1 Å². The average molecular weight is 364 g/mol. The molecule has 1 amide bonds. The summed E-state index contributed by atoms with van der Waals surface area (Å²) in [6, 6.07) is 18.8. The highest BCUT2D eigenvalue weighted by atomic mass is 16.5. The maximum absolute atomic E-state index is 11.1. The zero-order valence-electron chi connectivity index (χ0n) is 14.7. The molecule has 1 fully saturated rings. The van der Waals surface area contributed by atoms with E-state index in [2.05, 4.69) is 16.6 Å². The lowest BCUT2D eigenvalue weighted by Gasteiger charge is -2.29. The summed E-state index contributed by atoms with van der Waals surface area (Å²) in [6.07, 6.45) is 0.518. The minimum Gasteiger partial charge on any atom is -0.465 e. The van der Waals surface area contributed by atoms with Gasteiger partial charge in [-0.2, -0.15) is 10.4 Å². The van der Waals surface area contributed by atoms with Gasteiger partial charge in [0.05, 0.1) is 5.69 Å². The summed E-state index contributed by atoms with van der Waals surface area (Å²) >= 11 is 0. The summed E-state index contributed by atoms with van der Waals surface area (Å²) in [4.78, 5) is 12.5. The molecule has 7 heteroatoms. The Labute approximate surface area is 157 Å². The lowest BCUT2D eigenvalue weighted by atomic mass is 9.94. The topological polar surface area (TPSA) is 98.0 Å². The molecule has 2 aromatic rings. The molecule has 2 aromatic carbocycles. The van der Waals surface area contributed by atoms with Crippen LogP contribution in [-0.4, -0.2) is 34.9 Å². The maximum atomic E-state index is 11.1. The van der Waals surface area contributed by atoms with Crippen LogP contribution in [0.25, 0.3) is 0 Å². The van der Waals surface area contributed by atoms with Crippen LogP contribution in [0.3, 0.4) is 0 Å². The normalized spacial score (nSPS) is 17.1. The highest BCUT2D eigenvalue weighted by molar-refractivity contribution is 6.01. The molecule has 3 rings (SSSR count). The Morgan fingerprint density at radius 2 is 1.89 bits per heavy atom. The second-order valence-electron chi connectivity index (χ2n) is 6.23. The summed E-state index contributed by atoms with van der Waals surface area (Å²) in [6.45, 7) is 0.800. The summed E-state index contributed by atoms with van der Waals surface area (Å²) in [5.74, 6) is 1.26. The van der Waals surface area contributed by atoms with Gasteiger partial charge >= 0.3 is 6.09 Å². The third kappa shape index (κ3) is 4.98. The number of hydrazone groups is 1. The van der Waals surface area contributed by atoms with Crippen molar-refractivity contribution in [1.29, 1.82) is 5.26 Å². The first-order valence-electron chi connectivity index (χ1n) is 8.70. The van der Waals surface area contributed by atoms with E-state index in [1.807, 2.05) is 42.5 Å². The number of likely N-dealkylation sites (tertiary alicyclic amines) is 1. The Bertz CT molecular complexity index is 844. The number of carboxylic acid groups (broad SMARTS) is 1. The average Bonchev–Trinajstić information content (AvgIpc) is 2.71. The fourth-order valence-electron chi connectivity index (χ4n) is 2.93. The number of nitrogens with one attached hydrogen (secondary N) is 1. The minimum absolute atomic E-state index is 0.187. The van der Waals surface area contributed by atoms with E-state index in [1.54, 1.807) is 12.1 Å². The highest BCUT2D eigenvalue weighted by Crippen LogP contribution is 2.23. The van der Waals surface area contributed by atoms with Crippen molar-refractivity contribution >= 4 is 17.5 Å². The van der Waals surface area contributed by atoms with Gasteiger partial charge in [0.15, 0.2) is 0 Å². The molecule has 0 radical (unpaired) electrons. The quantitative estimate of drug-likeness (QED) is 0.613. The Morgan fingerprint density at radius 1 is 1.19 bits per heavy atom. The minimum atomic E-state index is -0.959. The van der Waals surface area contributed by atoms with Crippen LogP contribution in [0.5, 0.6) is 11.5 Å². The van der Waals surface area contributed by atoms with Gasteiger partial charge in [-0.05, 0) is 49.2 Å². The molecule has 0 saturated carbocycles. The molecule has 0 bridgehead atoms. The van der Waals surface area contributed by atoms with Crippen LogP contribution in [0, 0.1) is 17.2 Å². The maximum Gasteiger partial charge on any atom is 0.407 e. The van der Waals surface area contributed by atoms with Gasteiger partial charge in [0.25, 0.3) is 0 Å². The van der Waals surface area contributed by atoms with E-state index in [-0.39, 0.29) is 5.92 Å². The van der Waals surface area contributed by atoms with Crippen LogP contribution in [0.15, 0.2) is 59.7 Å². The molecule has 1 heterocycles. The van der Waals surface area contributed by atoms with Crippen LogP contribution >= 0.6 is 0 Å². The van der Waals surface area contributed by atoms with Crippen molar-refractivity contribution in [2.45, 2.75) is 12.8 Å². The molecule has 138 valence electrons. The Balaban J connectivity index is 1.62. The van der Waals surface area contributed by atoms with Crippen LogP contribution in [0.1, 0.15) is 12.8 Å². The van der Waals surface area contributed by atoms with Gasteiger partial charge in [-0.15, -0.1) is 0 Å². The monoisotopic (exact) mass is 364 g/mol. The molecular weight excluding hydrogens is 344 g/mol. The van der Waals surface area contributed by atoms with Gasteiger partial charge in [0.2, 0.25) is 0 Å². The molecule has 2 N–H and O–H groups in total. The first-order valence-corrected chi connectivity index (χ1v) is 8.70. The number of carbonyl (C=O) groups is 1. The number of rotatable bonds is 5. The smallest absolute Gasteiger partial charge is 0.407 e. The van der Waals surface area contributed by atoms with Crippen molar-refractivity contribution in [2.24, 2.45) is 11.0 Å². The summed E-state index contributed by atoms with van der Waals surface area (Å²) in [5, 5.41) is 22.7. The SMILES string of the molecule is N#CC(=NNc1ccc(Oc2ccccc2)cc1)C1CCCN(C(=O)O)C1. The molecule has 1 atom stereocenters. The zero-order valence-corrected chi connectivity index (χ0v) is 14.7. The van der Waals surface area contributed by atoms with E-state index in [1.165, 1.54) is 4.90 Å². The predicted octanol–water partition coefficient (Wildman–Crippen LogP) is 4.16. The summed E-state index contributed by atoms with van der Waals surface area (Å²) < 4.78 is 5.73. The van der Waals surface area contributed by atoms with Crippen molar-refractivity contribution in [1.82, 2.24) is 4.90 Å². The van der Waals surface area contributed by atoms with Crippen LogP contribution in [0.2, 0.25) is 0 Å². The fourth-order valence-corrected chi connectivity index (χ4v) is 2.93. The summed E-state index contributed by atoms with van der Waals surface area (Å²) in [5.41, 5.74) is 3.90. The largest absolute Gasteiger partial charge is 0.465 e. The zero-order chi connectivity index (χ0) is 19.1. The molecule has 0 aliphatic carbocycles. The molecule has 0 spiro atoms. The first-order chi connectivity index (χ1) is 13.2. The number of amides is 1. The number of benzene rings is 2. The van der Waals surface area contributed by atoms with Gasteiger partial charge in [-0.25, -0.2) is 4.79 Å². The Kier molecular flexibility index (Phi) is 5.90. The van der Waals surface area contributed by atoms with Crippen LogP contribution < -0.4 is 10.2 Å². The molecule has 27 heavy (non-hydrogen) atoms. The molecular formula is C20H20N4O3. The number of piperidine rings is 1. The van der Waals surface area contributed by atoms with Crippen molar-refractivity contribution in [3.8, 4) is 17.6 Å². The van der Waals surface area contributed by atoms with Crippen LogP contribution in [-0.2, 0) is 0 Å². The molecule has 1 aliphatic heterocycles. The van der Waals surface area contributed by atoms with Gasteiger partial charge in [-0.1, -0.05) is 18.2 Å². The van der Waals surface area contributed by atoms with Crippen molar-refractivity contribution < 1.29 is 14.6 Å². The molecule has 7 nitrogen and oxygen atoms in total. The molecule has 1 unspecified atom stereocenters. The predicted molar refractivity (Wildman–Crippen MR) is 102 cm³/mol. The van der Waals surface area contributed by atoms with Gasteiger partial charge in [-0.3, -0.25) is 5.43 Å². The molecule has 0 aromatic heterocycles. The van der Waals surface area contributed by atoms with E-state index < -0.39 is 6.09 Å². The van der Waals surface area contributed by atoms with E-state index >= 15 is 0 Å². The van der Waals surface area contributed by atoms with Gasteiger partial charge in [0.1, 0.15) is 23.3 Å². The number of nitrogens with zero attached hydrogens (tertiary/aromatic N) is 3. The number of nitriles is 1.